The second-order valence-electron chi connectivity index (χ2n) is 8.79. The van der Waals surface area contributed by atoms with E-state index in [1.807, 2.05) is 0 Å². The summed E-state index contributed by atoms with van der Waals surface area (Å²) in [5.74, 6) is -6.48. The van der Waals surface area contributed by atoms with Gasteiger partial charge in [-0.25, -0.2) is 4.79 Å². The number of aliphatic imine (C=N–C) groups is 1. The van der Waals surface area contributed by atoms with Crippen LogP contribution >= 0.6 is 0 Å². The molecule has 4 atom stereocenters. The fourth-order valence-electron chi connectivity index (χ4n) is 3.39. The number of aromatic hydroxyl groups is 1. The molecular weight excluding hydrogens is 530 g/mol. The van der Waals surface area contributed by atoms with Crippen LogP contribution in [0.2, 0.25) is 0 Å². The number of guanidine groups is 1. The van der Waals surface area contributed by atoms with E-state index in [9.17, 15) is 39.0 Å². The normalized spacial score (nSPS) is 13.5. The number of phenolic OH excluding ortho intramolecular Hbond substituents is 1. The molecule has 0 saturated carbocycles. The minimum Gasteiger partial charge on any atom is -0.508 e. The molecule has 15 N–H and O–H groups in total. The minimum absolute atomic E-state index is 0.0150. The maximum absolute atomic E-state index is 13.0. The van der Waals surface area contributed by atoms with Gasteiger partial charge in [-0.1, -0.05) is 12.1 Å². The van der Waals surface area contributed by atoms with Crippen LogP contribution in [0.4, 0.5) is 0 Å². The number of carbonyl (C=O) groups excluding carboxylic acids is 5. The summed E-state index contributed by atoms with van der Waals surface area (Å²) in [6.45, 7) is 0.0548. The molecule has 0 bridgehead atoms. The zero-order valence-electron chi connectivity index (χ0n) is 21.5. The standard InChI is InChI=1S/C23H35N9O8/c24-13(8-11-3-5-12(33)6-4-11)19(36)31-15(9-17(25)34)21(38)30-14(2-1-7-29-23(27)28)20(37)32-16(22(39)40)10-18(26)35/h3-6,13-16,33H,1-2,7-10,24H2,(H2,25,34)(H2,26,35)(H,30,38)(H,31,36)(H,32,37)(H,39,40)(H4,27,28,29). The van der Waals surface area contributed by atoms with E-state index in [2.05, 4.69) is 20.9 Å². The first-order chi connectivity index (χ1) is 18.7. The highest BCUT2D eigenvalue weighted by Crippen LogP contribution is 2.11. The van der Waals surface area contributed by atoms with Crippen molar-refractivity contribution in [1.29, 1.82) is 0 Å². The van der Waals surface area contributed by atoms with Crippen molar-refractivity contribution in [2.75, 3.05) is 6.54 Å². The van der Waals surface area contributed by atoms with Gasteiger partial charge in [-0.2, -0.15) is 0 Å². The Morgan fingerprint density at radius 3 is 1.80 bits per heavy atom. The molecule has 0 saturated heterocycles. The molecule has 17 nitrogen and oxygen atoms in total. The monoisotopic (exact) mass is 565 g/mol. The Morgan fingerprint density at radius 1 is 0.775 bits per heavy atom. The lowest BCUT2D eigenvalue weighted by Crippen LogP contribution is -2.58. The number of hydrogen-bond donors (Lipinski definition) is 10. The minimum atomic E-state index is -1.68. The summed E-state index contributed by atoms with van der Waals surface area (Å²) in [6, 6.07) is 0.130. The zero-order valence-corrected chi connectivity index (χ0v) is 21.5. The van der Waals surface area contributed by atoms with E-state index in [1.165, 1.54) is 12.1 Å². The van der Waals surface area contributed by atoms with Crippen LogP contribution in [0.5, 0.6) is 5.75 Å². The summed E-state index contributed by atoms with van der Waals surface area (Å²) in [5.41, 5.74) is 27.4. The summed E-state index contributed by atoms with van der Waals surface area (Å²) in [5, 5.41) is 25.5. The van der Waals surface area contributed by atoms with E-state index in [4.69, 9.17) is 28.7 Å². The number of carboxylic acids is 1. The number of nitrogens with one attached hydrogen (secondary N) is 3. The molecule has 0 radical (unpaired) electrons. The van der Waals surface area contributed by atoms with Gasteiger partial charge in [0.05, 0.1) is 18.9 Å². The lowest BCUT2D eigenvalue weighted by atomic mass is 10.0. The largest absolute Gasteiger partial charge is 0.508 e. The molecule has 0 aromatic heterocycles. The van der Waals surface area contributed by atoms with Crippen LogP contribution in [0, 0.1) is 0 Å². The highest BCUT2D eigenvalue weighted by Gasteiger charge is 2.31. The first-order valence-electron chi connectivity index (χ1n) is 12.0. The van der Waals surface area contributed by atoms with E-state index in [1.54, 1.807) is 12.1 Å². The predicted octanol–water partition coefficient (Wildman–Crippen LogP) is -4.39. The molecule has 17 heteroatoms. The Bertz CT molecular complexity index is 1110. The van der Waals surface area contributed by atoms with Crippen molar-refractivity contribution >= 4 is 41.5 Å². The summed E-state index contributed by atoms with van der Waals surface area (Å²) in [4.78, 5) is 76.6. The zero-order chi connectivity index (χ0) is 30.4. The molecular formula is C23H35N9O8. The third kappa shape index (κ3) is 12.5. The van der Waals surface area contributed by atoms with Gasteiger partial charge >= 0.3 is 5.97 Å². The molecule has 0 aliphatic heterocycles. The van der Waals surface area contributed by atoms with Crippen molar-refractivity contribution in [3.8, 4) is 5.75 Å². The fourth-order valence-corrected chi connectivity index (χ4v) is 3.39. The second-order valence-corrected chi connectivity index (χ2v) is 8.79. The van der Waals surface area contributed by atoms with Crippen LogP contribution in [0.1, 0.15) is 31.2 Å². The number of primary amides is 2. The lowest BCUT2D eigenvalue weighted by Gasteiger charge is -2.24. The molecule has 1 aromatic carbocycles. The predicted molar refractivity (Wildman–Crippen MR) is 141 cm³/mol. The highest BCUT2D eigenvalue weighted by atomic mass is 16.4. The number of nitrogens with two attached hydrogens (primary N) is 5. The Balaban J connectivity index is 3.04. The van der Waals surface area contributed by atoms with Gasteiger partial charge in [0.1, 0.15) is 23.9 Å². The van der Waals surface area contributed by atoms with Crippen LogP contribution in [0.3, 0.4) is 0 Å². The number of aliphatic carboxylic acids is 1. The molecule has 1 aromatic rings. The third-order valence-corrected chi connectivity index (χ3v) is 5.37. The number of benzene rings is 1. The van der Waals surface area contributed by atoms with Gasteiger partial charge in [-0.3, -0.25) is 29.0 Å². The van der Waals surface area contributed by atoms with Gasteiger partial charge in [0.15, 0.2) is 5.96 Å². The van der Waals surface area contributed by atoms with Crippen molar-refractivity contribution in [2.24, 2.45) is 33.7 Å². The van der Waals surface area contributed by atoms with Gasteiger partial charge in [-0.05, 0) is 37.0 Å². The first kappa shape index (κ1) is 33.1. The Kier molecular flexibility index (Phi) is 13.3. The van der Waals surface area contributed by atoms with Crippen molar-refractivity contribution < 1.29 is 39.0 Å². The lowest BCUT2D eigenvalue weighted by molar-refractivity contribution is -0.144. The number of rotatable bonds is 17. The van der Waals surface area contributed by atoms with E-state index in [0.29, 0.717) is 5.56 Å². The maximum Gasteiger partial charge on any atom is 0.326 e. The SMILES string of the molecule is NC(=O)CC(NC(=O)C(CCCN=C(N)N)NC(=O)C(CC(N)=O)NC(=O)C(N)Cc1ccc(O)cc1)C(=O)O. The molecule has 4 unspecified atom stereocenters. The smallest absolute Gasteiger partial charge is 0.326 e. The number of hydrogen-bond acceptors (Lipinski definition) is 9. The molecule has 0 heterocycles. The molecule has 5 amide bonds. The fraction of sp³-hybridized carbons (Fsp3) is 0.435. The topological polar surface area (TPSA) is 321 Å². The van der Waals surface area contributed by atoms with Crippen molar-refractivity contribution in [2.45, 2.75) is 56.3 Å². The van der Waals surface area contributed by atoms with Crippen molar-refractivity contribution in [3.63, 3.8) is 0 Å². The molecule has 0 fully saturated rings. The van der Waals surface area contributed by atoms with E-state index in [0.717, 1.165) is 0 Å². The van der Waals surface area contributed by atoms with Gasteiger partial charge in [-0.15, -0.1) is 0 Å². The van der Waals surface area contributed by atoms with Crippen LogP contribution < -0.4 is 44.6 Å². The molecule has 0 spiro atoms. The highest BCUT2D eigenvalue weighted by molar-refractivity contribution is 5.96. The summed E-state index contributed by atoms with van der Waals surface area (Å²) < 4.78 is 0. The van der Waals surface area contributed by atoms with Gasteiger partial charge < -0.3 is 54.8 Å². The van der Waals surface area contributed by atoms with Crippen LogP contribution in [0.25, 0.3) is 0 Å². The average molecular weight is 566 g/mol. The van der Waals surface area contributed by atoms with Crippen molar-refractivity contribution in [1.82, 2.24) is 16.0 Å². The Labute approximate surface area is 228 Å². The quantitative estimate of drug-likeness (QED) is 0.0488. The number of carboxylic acid groups (broad SMARTS) is 1. The van der Waals surface area contributed by atoms with Crippen LogP contribution in [-0.2, 0) is 35.2 Å². The van der Waals surface area contributed by atoms with E-state index < -0.39 is 72.5 Å². The van der Waals surface area contributed by atoms with E-state index >= 15 is 0 Å². The number of carbonyl (C=O) groups is 6. The first-order valence-corrected chi connectivity index (χ1v) is 12.0. The van der Waals surface area contributed by atoms with Crippen LogP contribution in [0.15, 0.2) is 29.3 Å². The Hall–Kier alpha value is -4.93. The molecule has 0 aliphatic carbocycles. The summed E-state index contributed by atoms with van der Waals surface area (Å²) in [6.07, 6.45) is -1.29. The summed E-state index contributed by atoms with van der Waals surface area (Å²) >= 11 is 0. The van der Waals surface area contributed by atoms with E-state index in [-0.39, 0.29) is 37.5 Å². The molecule has 1 rings (SSSR count). The maximum atomic E-state index is 13.0. The van der Waals surface area contributed by atoms with Crippen molar-refractivity contribution in [3.05, 3.63) is 29.8 Å². The average Bonchev–Trinajstić information content (AvgIpc) is 2.85. The molecule has 40 heavy (non-hydrogen) atoms. The van der Waals surface area contributed by atoms with Gasteiger partial charge in [0.25, 0.3) is 0 Å². The number of nitrogens with zero attached hydrogens (tertiary/aromatic N) is 1. The second kappa shape index (κ2) is 16.1. The molecule has 220 valence electrons. The van der Waals surface area contributed by atoms with Crippen LogP contribution in [-0.4, -0.2) is 82.4 Å². The number of phenols is 1. The Morgan fingerprint density at radius 2 is 1.27 bits per heavy atom. The van der Waals surface area contributed by atoms with Gasteiger partial charge in [0, 0.05) is 6.54 Å². The number of amides is 5. The third-order valence-electron chi connectivity index (χ3n) is 5.37. The summed E-state index contributed by atoms with van der Waals surface area (Å²) in [7, 11) is 0. The van der Waals surface area contributed by atoms with Gasteiger partial charge in [0.2, 0.25) is 29.5 Å². The molecule has 0 aliphatic rings.